The van der Waals surface area contributed by atoms with Gasteiger partial charge in [0.1, 0.15) is 10.7 Å². The molecule has 26 heavy (non-hydrogen) atoms. The lowest BCUT2D eigenvalue weighted by molar-refractivity contribution is 0.199. The molecule has 2 aromatic rings. The zero-order valence-corrected chi connectivity index (χ0v) is 17.0. The van der Waals surface area contributed by atoms with E-state index in [2.05, 4.69) is 44.6 Å². The number of halogens is 2. The van der Waals surface area contributed by atoms with E-state index in [0.717, 1.165) is 25.7 Å². The quantitative estimate of drug-likeness (QED) is 0.767. The molecule has 0 spiro atoms. The molecule has 0 aliphatic carbocycles. The third-order valence-electron chi connectivity index (χ3n) is 4.75. The van der Waals surface area contributed by atoms with E-state index >= 15 is 0 Å². The minimum absolute atomic E-state index is 0.175. The third-order valence-corrected chi connectivity index (χ3v) is 6.78. The van der Waals surface area contributed by atoms with Crippen LogP contribution in [0.1, 0.15) is 24.0 Å². The molecule has 1 aliphatic rings. The monoisotopic (exact) mass is 440 g/mol. The van der Waals surface area contributed by atoms with Gasteiger partial charge in [0, 0.05) is 30.1 Å². The van der Waals surface area contributed by atoms with Crippen LogP contribution in [0.4, 0.5) is 4.39 Å². The number of sulfonamides is 1. The van der Waals surface area contributed by atoms with Crippen molar-refractivity contribution >= 4 is 26.0 Å². The van der Waals surface area contributed by atoms with Gasteiger partial charge in [0.15, 0.2) is 0 Å². The van der Waals surface area contributed by atoms with Crippen molar-refractivity contribution < 1.29 is 12.8 Å². The number of piperidine rings is 1. The molecular weight excluding hydrogens is 419 g/mol. The molecule has 0 unspecified atom stereocenters. The molecule has 0 radical (unpaired) electrons. The van der Waals surface area contributed by atoms with Crippen molar-refractivity contribution in [1.29, 1.82) is 0 Å². The Balaban J connectivity index is 1.60. The van der Waals surface area contributed by atoms with Crippen LogP contribution in [0.2, 0.25) is 0 Å². The molecule has 1 heterocycles. The minimum atomic E-state index is -3.87. The Labute approximate surface area is 162 Å². The molecule has 2 aromatic carbocycles. The van der Waals surface area contributed by atoms with Gasteiger partial charge in [-0.15, -0.1) is 0 Å². The summed E-state index contributed by atoms with van der Waals surface area (Å²) in [5.74, 6) is -0.738. The number of rotatable bonds is 5. The highest BCUT2D eigenvalue weighted by molar-refractivity contribution is 9.10. The van der Waals surface area contributed by atoms with Crippen molar-refractivity contribution in [3.05, 3.63) is 63.9 Å². The topological polar surface area (TPSA) is 49.4 Å². The maximum Gasteiger partial charge on any atom is 0.243 e. The van der Waals surface area contributed by atoms with Gasteiger partial charge >= 0.3 is 0 Å². The fraction of sp³-hybridized carbons (Fsp3) is 0.368. The van der Waals surface area contributed by atoms with E-state index in [0.29, 0.717) is 17.3 Å². The van der Waals surface area contributed by atoms with E-state index in [4.69, 9.17) is 0 Å². The molecule has 0 atom stereocenters. The van der Waals surface area contributed by atoms with Crippen molar-refractivity contribution in [2.45, 2.75) is 37.2 Å². The average molecular weight is 441 g/mol. The Bertz CT molecular complexity index is 881. The molecule has 0 aromatic heterocycles. The van der Waals surface area contributed by atoms with Crippen LogP contribution in [0.25, 0.3) is 0 Å². The summed E-state index contributed by atoms with van der Waals surface area (Å²) in [6, 6.07) is 12.1. The van der Waals surface area contributed by atoms with Gasteiger partial charge in [-0.25, -0.2) is 17.5 Å². The highest BCUT2D eigenvalue weighted by Gasteiger charge is 2.26. The van der Waals surface area contributed by atoms with E-state index in [1.54, 1.807) is 0 Å². The number of nitrogens with one attached hydrogen (secondary N) is 1. The van der Waals surface area contributed by atoms with Crippen LogP contribution >= 0.6 is 15.9 Å². The number of nitrogens with zero attached hydrogens (tertiary/aromatic N) is 1. The molecule has 0 amide bonds. The molecule has 140 valence electrons. The largest absolute Gasteiger partial charge is 0.299 e. The van der Waals surface area contributed by atoms with Gasteiger partial charge in [0.2, 0.25) is 10.0 Å². The second-order valence-electron chi connectivity index (χ2n) is 6.67. The van der Waals surface area contributed by atoms with E-state index in [1.165, 1.54) is 23.3 Å². The average Bonchev–Trinajstić information content (AvgIpc) is 2.60. The maximum atomic E-state index is 13.9. The number of hydrogen-bond donors (Lipinski definition) is 1. The summed E-state index contributed by atoms with van der Waals surface area (Å²) in [4.78, 5) is 2.02. The lowest BCUT2D eigenvalue weighted by Gasteiger charge is -2.32. The molecule has 1 N–H and O–H groups in total. The van der Waals surface area contributed by atoms with E-state index in [1.807, 2.05) is 12.1 Å². The zero-order chi connectivity index (χ0) is 18.7. The van der Waals surface area contributed by atoms with Crippen molar-refractivity contribution in [3.63, 3.8) is 0 Å². The maximum absolute atomic E-state index is 13.9. The van der Waals surface area contributed by atoms with Crippen LogP contribution in [0.15, 0.2) is 51.8 Å². The first kappa shape index (κ1) is 19.5. The van der Waals surface area contributed by atoms with Crippen LogP contribution in [-0.2, 0) is 16.6 Å². The van der Waals surface area contributed by atoms with Crippen LogP contribution in [0.3, 0.4) is 0 Å². The number of likely N-dealkylation sites (tertiary alicyclic amines) is 1. The predicted octanol–water partition coefficient (Wildman–Crippen LogP) is 3.84. The molecule has 3 rings (SSSR count). The highest BCUT2D eigenvalue weighted by Crippen LogP contribution is 2.22. The Morgan fingerprint density at radius 3 is 2.58 bits per heavy atom. The molecule has 7 heteroatoms. The minimum Gasteiger partial charge on any atom is -0.299 e. The summed E-state index contributed by atoms with van der Waals surface area (Å²) in [7, 11) is -3.87. The summed E-state index contributed by atoms with van der Waals surface area (Å²) in [5.41, 5.74) is 2.56. The summed E-state index contributed by atoms with van der Waals surface area (Å²) >= 11 is 3.19. The standard InChI is InChI=1S/C19H22BrFN2O2S/c1-14-4-2-3-5-15(14)13-23-10-8-17(9-11-23)22-26(24,25)19-12-16(20)6-7-18(19)21/h2-7,12,17,22H,8-11,13H2,1H3. The lowest BCUT2D eigenvalue weighted by atomic mass is 10.0. The second-order valence-corrected chi connectivity index (χ2v) is 9.27. The highest BCUT2D eigenvalue weighted by atomic mass is 79.9. The van der Waals surface area contributed by atoms with Crippen LogP contribution in [-0.4, -0.2) is 32.4 Å². The molecule has 1 fully saturated rings. The third kappa shape index (κ3) is 4.71. The Kier molecular flexibility index (Phi) is 6.12. The van der Waals surface area contributed by atoms with E-state index in [-0.39, 0.29) is 10.9 Å². The molecule has 4 nitrogen and oxygen atoms in total. The Morgan fingerprint density at radius 1 is 1.19 bits per heavy atom. The molecule has 0 bridgehead atoms. The summed E-state index contributed by atoms with van der Waals surface area (Å²) in [6.07, 6.45) is 1.42. The SMILES string of the molecule is Cc1ccccc1CN1CCC(NS(=O)(=O)c2cc(Br)ccc2F)CC1. The first-order valence-corrected chi connectivity index (χ1v) is 10.9. The molecule has 1 aliphatic heterocycles. The van der Waals surface area contributed by atoms with Crippen LogP contribution in [0.5, 0.6) is 0 Å². The summed E-state index contributed by atoms with van der Waals surface area (Å²) < 4.78 is 42.1. The van der Waals surface area contributed by atoms with E-state index in [9.17, 15) is 12.8 Å². The fourth-order valence-electron chi connectivity index (χ4n) is 3.20. The first-order chi connectivity index (χ1) is 12.3. The van der Waals surface area contributed by atoms with E-state index < -0.39 is 15.8 Å². The number of aryl methyl sites for hydroxylation is 1. The summed E-state index contributed by atoms with van der Waals surface area (Å²) in [5, 5.41) is 0. The Morgan fingerprint density at radius 2 is 1.88 bits per heavy atom. The van der Waals surface area contributed by atoms with Gasteiger partial charge in [0.05, 0.1) is 0 Å². The van der Waals surface area contributed by atoms with Crippen molar-refractivity contribution in [2.75, 3.05) is 13.1 Å². The Hall–Kier alpha value is -1.28. The molecule has 0 saturated carbocycles. The zero-order valence-electron chi connectivity index (χ0n) is 14.6. The van der Waals surface area contributed by atoms with Gasteiger partial charge in [-0.3, -0.25) is 4.90 Å². The van der Waals surface area contributed by atoms with Gasteiger partial charge in [-0.2, -0.15) is 0 Å². The van der Waals surface area contributed by atoms with Crippen molar-refractivity contribution in [2.24, 2.45) is 0 Å². The van der Waals surface area contributed by atoms with Crippen molar-refractivity contribution in [3.8, 4) is 0 Å². The normalized spacial score (nSPS) is 16.7. The first-order valence-electron chi connectivity index (χ1n) is 8.59. The predicted molar refractivity (Wildman–Crippen MR) is 104 cm³/mol. The number of benzene rings is 2. The summed E-state index contributed by atoms with van der Waals surface area (Å²) in [6.45, 7) is 4.58. The molecular formula is C19H22BrFN2O2S. The van der Waals surface area contributed by atoms with Crippen molar-refractivity contribution in [1.82, 2.24) is 9.62 Å². The van der Waals surface area contributed by atoms with Gasteiger partial charge in [-0.1, -0.05) is 40.2 Å². The fourth-order valence-corrected chi connectivity index (χ4v) is 5.12. The van der Waals surface area contributed by atoms with Gasteiger partial charge in [-0.05, 0) is 49.1 Å². The van der Waals surface area contributed by atoms with Crippen LogP contribution in [0, 0.1) is 12.7 Å². The van der Waals surface area contributed by atoms with Crippen LogP contribution < -0.4 is 4.72 Å². The lowest BCUT2D eigenvalue weighted by Crippen LogP contribution is -2.44. The van der Waals surface area contributed by atoms with Gasteiger partial charge in [0.25, 0.3) is 0 Å². The number of hydrogen-bond acceptors (Lipinski definition) is 3. The van der Waals surface area contributed by atoms with Gasteiger partial charge < -0.3 is 0 Å². The smallest absolute Gasteiger partial charge is 0.243 e. The second kappa shape index (κ2) is 8.17. The molecule has 1 saturated heterocycles.